The van der Waals surface area contributed by atoms with Crippen LogP contribution in [0.3, 0.4) is 0 Å². The minimum Gasteiger partial charge on any atom is -0.271 e. The topological polar surface area (TPSA) is 97.2 Å². The summed E-state index contributed by atoms with van der Waals surface area (Å²) in [7, 11) is -3.76. The van der Waals surface area contributed by atoms with Crippen LogP contribution < -0.4 is 5.43 Å². The zero-order valence-electron chi connectivity index (χ0n) is 12.0. The van der Waals surface area contributed by atoms with Crippen molar-refractivity contribution in [2.45, 2.75) is 23.8 Å². The largest absolute Gasteiger partial charge is 0.271 e. The lowest BCUT2D eigenvalue weighted by molar-refractivity contribution is -0.120. The molecule has 1 unspecified atom stereocenters. The number of aromatic nitrogens is 3. The van der Waals surface area contributed by atoms with Gasteiger partial charge in [0.15, 0.2) is 0 Å². The van der Waals surface area contributed by atoms with Crippen molar-refractivity contribution >= 4 is 27.5 Å². The summed E-state index contributed by atoms with van der Waals surface area (Å²) >= 11 is 5.79. The molecule has 1 saturated heterocycles. The SMILES string of the molecule is O=C(Nn1cnnc1)C1CCCN1S(=O)(=O)c1ccc(Cl)cc1. The molecule has 0 bridgehead atoms. The summed E-state index contributed by atoms with van der Waals surface area (Å²) < 4.78 is 28.0. The Kier molecular flexibility index (Phi) is 4.33. The van der Waals surface area contributed by atoms with Crippen molar-refractivity contribution < 1.29 is 13.2 Å². The van der Waals surface area contributed by atoms with E-state index in [1.54, 1.807) is 0 Å². The molecule has 1 aliphatic heterocycles. The van der Waals surface area contributed by atoms with Crippen LogP contribution in [0, 0.1) is 0 Å². The highest BCUT2D eigenvalue weighted by Crippen LogP contribution is 2.27. The highest BCUT2D eigenvalue weighted by atomic mass is 35.5. The van der Waals surface area contributed by atoms with Gasteiger partial charge in [0, 0.05) is 11.6 Å². The molecule has 1 amide bonds. The molecule has 10 heteroatoms. The van der Waals surface area contributed by atoms with Gasteiger partial charge in [0.1, 0.15) is 18.7 Å². The van der Waals surface area contributed by atoms with E-state index < -0.39 is 22.0 Å². The Morgan fingerprint density at radius 3 is 2.52 bits per heavy atom. The van der Waals surface area contributed by atoms with Crippen LogP contribution in [0.15, 0.2) is 41.8 Å². The van der Waals surface area contributed by atoms with Crippen molar-refractivity contribution in [2.24, 2.45) is 0 Å². The third kappa shape index (κ3) is 3.21. The Morgan fingerprint density at radius 2 is 1.87 bits per heavy atom. The minimum absolute atomic E-state index is 0.117. The Bertz CT molecular complexity index is 792. The van der Waals surface area contributed by atoms with Crippen LogP contribution in [-0.2, 0) is 14.8 Å². The molecule has 1 atom stereocenters. The van der Waals surface area contributed by atoms with Gasteiger partial charge in [-0.2, -0.15) is 4.31 Å². The van der Waals surface area contributed by atoms with Gasteiger partial charge in [-0.15, -0.1) is 10.2 Å². The maximum absolute atomic E-state index is 12.7. The van der Waals surface area contributed by atoms with Crippen molar-refractivity contribution in [3.63, 3.8) is 0 Å². The van der Waals surface area contributed by atoms with E-state index >= 15 is 0 Å². The number of benzene rings is 1. The molecule has 1 aliphatic rings. The van der Waals surface area contributed by atoms with Crippen LogP contribution in [0.4, 0.5) is 0 Å². The molecule has 1 aromatic heterocycles. The van der Waals surface area contributed by atoms with Crippen molar-refractivity contribution in [2.75, 3.05) is 12.0 Å². The molecule has 3 rings (SSSR count). The summed E-state index contributed by atoms with van der Waals surface area (Å²) in [4.78, 5) is 12.5. The molecule has 0 radical (unpaired) electrons. The summed E-state index contributed by atoms with van der Waals surface area (Å²) in [5.74, 6) is -0.417. The Balaban J connectivity index is 1.83. The molecule has 1 N–H and O–H groups in total. The zero-order chi connectivity index (χ0) is 16.4. The maximum Gasteiger partial charge on any atom is 0.257 e. The zero-order valence-corrected chi connectivity index (χ0v) is 13.5. The van der Waals surface area contributed by atoms with E-state index in [1.807, 2.05) is 0 Å². The van der Waals surface area contributed by atoms with Gasteiger partial charge in [0.05, 0.1) is 4.90 Å². The molecule has 2 aromatic rings. The fraction of sp³-hybridized carbons (Fsp3) is 0.308. The predicted octanol–water partition coefficient (Wildman–Crippen LogP) is 0.855. The third-order valence-electron chi connectivity index (χ3n) is 3.58. The lowest BCUT2D eigenvalue weighted by atomic mass is 10.2. The molecular weight excluding hydrogens is 342 g/mol. The van der Waals surface area contributed by atoms with E-state index in [2.05, 4.69) is 15.6 Å². The normalized spacial score (nSPS) is 18.9. The van der Waals surface area contributed by atoms with Gasteiger partial charge in [-0.05, 0) is 37.1 Å². The van der Waals surface area contributed by atoms with E-state index in [0.29, 0.717) is 24.4 Å². The summed E-state index contributed by atoms with van der Waals surface area (Å²) in [5, 5.41) is 7.61. The van der Waals surface area contributed by atoms with Gasteiger partial charge in [0.2, 0.25) is 10.0 Å². The van der Waals surface area contributed by atoms with Crippen molar-refractivity contribution in [1.82, 2.24) is 19.2 Å². The number of nitrogens with one attached hydrogen (secondary N) is 1. The number of halogens is 1. The van der Waals surface area contributed by atoms with Crippen LogP contribution in [0.25, 0.3) is 0 Å². The van der Waals surface area contributed by atoms with Gasteiger partial charge < -0.3 is 0 Å². The standard InChI is InChI=1S/C13H14ClN5O3S/c14-10-3-5-11(6-4-10)23(21,22)19-7-1-2-12(19)13(20)17-18-8-15-16-9-18/h3-6,8-9,12H,1-2,7H2,(H,17,20). The summed E-state index contributed by atoms with van der Waals surface area (Å²) in [6.07, 6.45) is 3.73. The molecule has 23 heavy (non-hydrogen) atoms. The summed E-state index contributed by atoms with van der Waals surface area (Å²) in [6.45, 7) is 0.297. The second-order valence-electron chi connectivity index (χ2n) is 5.07. The Morgan fingerprint density at radius 1 is 1.22 bits per heavy atom. The molecular formula is C13H14ClN5O3S. The van der Waals surface area contributed by atoms with E-state index in [1.165, 1.54) is 45.9 Å². The number of sulfonamides is 1. The highest BCUT2D eigenvalue weighted by Gasteiger charge is 2.39. The first-order chi connectivity index (χ1) is 11.0. The van der Waals surface area contributed by atoms with Crippen LogP contribution in [0.2, 0.25) is 5.02 Å². The highest BCUT2D eigenvalue weighted by molar-refractivity contribution is 7.89. The lowest BCUT2D eigenvalue weighted by Gasteiger charge is -2.23. The van der Waals surface area contributed by atoms with E-state index in [-0.39, 0.29) is 4.90 Å². The fourth-order valence-electron chi connectivity index (χ4n) is 2.49. The predicted molar refractivity (Wildman–Crippen MR) is 82.8 cm³/mol. The molecule has 2 heterocycles. The number of hydrogen-bond acceptors (Lipinski definition) is 5. The first-order valence-electron chi connectivity index (χ1n) is 6.91. The Hall–Kier alpha value is -1.97. The van der Waals surface area contributed by atoms with E-state index in [4.69, 9.17) is 11.6 Å². The molecule has 0 aliphatic carbocycles. The third-order valence-corrected chi connectivity index (χ3v) is 5.76. The second kappa shape index (κ2) is 6.26. The molecule has 0 saturated carbocycles. The average molecular weight is 356 g/mol. The molecule has 122 valence electrons. The van der Waals surface area contributed by atoms with E-state index in [9.17, 15) is 13.2 Å². The fourth-order valence-corrected chi connectivity index (χ4v) is 4.27. The summed E-state index contributed by atoms with van der Waals surface area (Å²) in [5.41, 5.74) is 2.55. The summed E-state index contributed by atoms with van der Waals surface area (Å²) in [6, 6.07) is 5.13. The molecule has 1 aromatic carbocycles. The number of amides is 1. The number of hydrogen-bond donors (Lipinski definition) is 1. The number of rotatable bonds is 4. The van der Waals surface area contributed by atoms with E-state index in [0.717, 1.165) is 0 Å². The van der Waals surface area contributed by atoms with Crippen molar-refractivity contribution in [3.8, 4) is 0 Å². The molecule has 1 fully saturated rings. The van der Waals surface area contributed by atoms with Crippen LogP contribution in [-0.4, -0.2) is 46.1 Å². The molecule has 8 nitrogen and oxygen atoms in total. The first-order valence-corrected chi connectivity index (χ1v) is 8.73. The maximum atomic E-state index is 12.7. The van der Waals surface area contributed by atoms with Gasteiger partial charge in [-0.25, -0.2) is 13.1 Å². The van der Waals surface area contributed by atoms with Crippen molar-refractivity contribution in [1.29, 1.82) is 0 Å². The number of carbonyl (C=O) groups excluding carboxylic acids is 1. The average Bonchev–Trinajstić information content (AvgIpc) is 3.19. The number of carbonyl (C=O) groups is 1. The van der Waals surface area contributed by atoms with Crippen LogP contribution in [0.1, 0.15) is 12.8 Å². The van der Waals surface area contributed by atoms with Gasteiger partial charge in [0.25, 0.3) is 5.91 Å². The van der Waals surface area contributed by atoms with Gasteiger partial charge in [-0.3, -0.25) is 10.2 Å². The van der Waals surface area contributed by atoms with Gasteiger partial charge >= 0.3 is 0 Å². The van der Waals surface area contributed by atoms with Crippen LogP contribution in [0.5, 0.6) is 0 Å². The first kappa shape index (κ1) is 15.9. The smallest absolute Gasteiger partial charge is 0.257 e. The second-order valence-corrected chi connectivity index (χ2v) is 7.40. The number of nitrogens with zero attached hydrogens (tertiary/aromatic N) is 4. The lowest BCUT2D eigenvalue weighted by Crippen LogP contribution is -2.44. The monoisotopic (exact) mass is 355 g/mol. The van der Waals surface area contributed by atoms with Crippen molar-refractivity contribution in [3.05, 3.63) is 41.9 Å². The van der Waals surface area contributed by atoms with Crippen LogP contribution >= 0.6 is 11.6 Å². The Labute approximate surface area is 138 Å². The minimum atomic E-state index is -3.76. The quantitative estimate of drug-likeness (QED) is 0.877. The van der Waals surface area contributed by atoms with Gasteiger partial charge in [-0.1, -0.05) is 11.6 Å². The molecule has 0 spiro atoms.